The number of hydrogen-bond donors (Lipinski definition) is 1. The Hall–Kier alpha value is -2.48. The summed E-state index contributed by atoms with van der Waals surface area (Å²) >= 11 is 1.59. The lowest BCUT2D eigenvalue weighted by Gasteiger charge is -1.96. The molecule has 0 unspecified atom stereocenters. The van der Waals surface area contributed by atoms with Crippen molar-refractivity contribution < 1.29 is 9.34 Å². The van der Waals surface area contributed by atoms with Gasteiger partial charge in [0.15, 0.2) is 5.58 Å². The van der Waals surface area contributed by atoms with Crippen LogP contribution in [0.25, 0.3) is 11.1 Å². The lowest BCUT2D eigenvalue weighted by atomic mass is 10.3. The van der Waals surface area contributed by atoms with Crippen LogP contribution in [0.3, 0.4) is 0 Å². The summed E-state index contributed by atoms with van der Waals surface area (Å²) in [6.45, 7) is 2.49. The number of anilines is 1. The van der Waals surface area contributed by atoms with Crippen LogP contribution in [-0.2, 0) is 6.54 Å². The van der Waals surface area contributed by atoms with Gasteiger partial charge in [0.2, 0.25) is 0 Å². The third kappa shape index (κ3) is 2.45. The molecule has 0 saturated heterocycles. The highest BCUT2D eigenvalue weighted by Gasteiger charge is 2.11. The average Bonchev–Trinajstić information content (AvgIpc) is 3.00. The molecule has 7 nitrogen and oxygen atoms in total. The first-order chi connectivity index (χ1) is 9.61. The molecule has 0 spiro atoms. The molecule has 1 aromatic carbocycles. The minimum absolute atomic E-state index is 0.0178. The second kappa shape index (κ2) is 4.89. The number of oxazole rings is 1. The highest BCUT2D eigenvalue weighted by Crippen LogP contribution is 2.24. The monoisotopic (exact) mass is 290 g/mol. The number of benzene rings is 1. The molecule has 0 radical (unpaired) electrons. The highest BCUT2D eigenvalue weighted by atomic mass is 32.1. The Morgan fingerprint density at radius 1 is 1.50 bits per heavy atom. The van der Waals surface area contributed by atoms with Gasteiger partial charge in [-0.1, -0.05) is 0 Å². The van der Waals surface area contributed by atoms with Gasteiger partial charge in [-0.15, -0.1) is 11.3 Å². The van der Waals surface area contributed by atoms with E-state index in [-0.39, 0.29) is 5.69 Å². The van der Waals surface area contributed by atoms with Gasteiger partial charge >= 0.3 is 0 Å². The summed E-state index contributed by atoms with van der Waals surface area (Å²) in [6, 6.07) is 4.66. The van der Waals surface area contributed by atoms with Crippen LogP contribution in [0.2, 0.25) is 0 Å². The summed E-state index contributed by atoms with van der Waals surface area (Å²) < 4.78 is 5.44. The van der Waals surface area contributed by atoms with Gasteiger partial charge in [-0.25, -0.2) is 4.98 Å². The predicted molar refractivity (Wildman–Crippen MR) is 74.8 cm³/mol. The molecule has 3 aromatic rings. The van der Waals surface area contributed by atoms with E-state index in [1.165, 1.54) is 12.1 Å². The van der Waals surface area contributed by atoms with Crippen LogP contribution in [0.4, 0.5) is 11.7 Å². The van der Waals surface area contributed by atoms with Crippen molar-refractivity contribution in [1.82, 2.24) is 9.97 Å². The fourth-order valence-electron chi connectivity index (χ4n) is 1.74. The maximum atomic E-state index is 10.7. The number of rotatable bonds is 4. The molecule has 0 atom stereocenters. The number of thiazole rings is 1. The fourth-order valence-corrected chi connectivity index (χ4v) is 2.46. The number of fused-ring (bicyclic) bond motifs is 1. The van der Waals surface area contributed by atoms with Crippen molar-refractivity contribution in [2.75, 3.05) is 5.32 Å². The number of aryl methyl sites for hydroxylation is 1. The van der Waals surface area contributed by atoms with Gasteiger partial charge in [-0.05, 0) is 13.0 Å². The summed E-state index contributed by atoms with van der Waals surface area (Å²) in [5.41, 5.74) is 0.946. The third-order valence-corrected chi connectivity index (χ3v) is 3.56. The number of nitro benzene ring substituents is 1. The molecule has 102 valence electrons. The van der Waals surface area contributed by atoms with Crippen LogP contribution in [0, 0.1) is 17.0 Å². The minimum atomic E-state index is -0.465. The van der Waals surface area contributed by atoms with Crippen molar-refractivity contribution in [2.24, 2.45) is 0 Å². The van der Waals surface area contributed by atoms with Gasteiger partial charge in [0.1, 0.15) is 10.5 Å². The zero-order valence-corrected chi connectivity index (χ0v) is 11.3. The van der Waals surface area contributed by atoms with E-state index in [0.29, 0.717) is 23.7 Å². The number of nitrogens with zero attached hydrogens (tertiary/aromatic N) is 3. The predicted octanol–water partition coefficient (Wildman–Crippen LogP) is 3.11. The van der Waals surface area contributed by atoms with Crippen molar-refractivity contribution in [2.45, 2.75) is 13.5 Å². The second-order valence-electron chi connectivity index (χ2n) is 4.15. The van der Waals surface area contributed by atoms with Crippen LogP contribution in [0.1, 0.15) is 9.88 Å². The number of hydrogen-bond acceptors (Lipinski definition) is 7. The minimum Gasteiger partial charge on any atom is -0.423 e. The van der Waals surface area contributed by atoms with Gasteiger partial charge in [-0.2, -0.15) is 4.98 Å². The van der Waals surface area contributed by atoms with E-state index in [2.05, 4.69) is 15.3 Å². The number of aromatic nitrogens is 2. The smallest absolute Gasteiger partial charge is 0.296 e. The molecule has 0 aliphatic heterocycles. The molecule has 0 fully saturated rings. The second-order valence-corrected chi connectivity index (χ2v) is 5.47. The van der Waals surface area contributed by atoms with Crippen molar-refractivity contribution in [3.63, 3.8) is 0 Å². The summed E-state index contributed by atoms with van der Waals surface area (Å²) in [5.74, 6) is 0. The zero-order chi connectivity index (χ0) is 14.1. The molecule has 0 bridgehead atoms. The van der Waals surface area contributed by atoms with Crippen LogP contribution in [0.5, 0.6) is 0 Å². The van der Waals surface area contributed by atoms with E-state index >= 15 is 0 Å². The first-order valence-corrected chi connectivity index (χ1v) is 6.63. The van der Waals surface area contributed by atoms with Crippen molar-refractivity contribution in [3.05, 3.63) is 44.4 Å². The lowest BCUT2D eigenvalue weighted by Crippen LogP contribution is -1.98. The Kier molecular flexibility index (Phi) is 3.07. The van der Waals surface area contributed by atoms with E-state index in [1.54, 1.807) is 23.6 Å². The molecule has 3 rings (SSSR count). The van der Waals surface area contributed by atoms with Crippen molar-refractivity contribution in [3.8, 4) is 0 Å². The van der Waals surface area contributed by atoms with Crippen LogP contribution in [0.15, 0.2) is 28.8 Å². The van der Waals surface area contributed by atoms with Crippen LogP contribution < -0.4 is 5.32 Å². The summed E-state index contributed by atoms with van der Waals surface area (Å²) in [5, 5.41) is 14.6. The Morgan fingerprint density at radius 3 is 3.05 bits per heavy atom. The zero-order valence-electron chi connectivity index (χ0n) is 10.5. The first kappa shape index (κ1) is 12.5. The maximum Gasteiger partial charge on any atom is 0.296 e. The Labute approximate surface area is 117 Å². The molecule has 0 saturated carbocycles. The molecular weight excluding hydrogens is 280 g/mol. The molecular formula is C12H10N4O3S. The summed E-state index contributed by atoms with van der Waals surface area (Å²) in [7, 11) is 0. The standard InChI is InChI=1S/C12H10N4O3S/c1-7-5-13-11(20-7)6-14-12-15-9-3-2-8(16(17)18)4-10(9)19-12/h2-5H,6H2,1H3,(H,14,15). The Morgan fingerprint density at radius 2 is 2.35 bits per heavy atom. The SMILES string of the molecule is Cc1cnc(CNc2nc3ccc([N+](=O)[O-])cc3o2)s1. The number of non-ortho nitro benzene ring substituents is 1. The number of nitro groups is 1. The van der Waals surface area contributed by atoms with Gasteiger partial charge < -0.3 is 9.73 Å². The average molecular weight is 290 g/mol. The van der Waals surface area contributed by atoms with E-state index < -0.39 is 4.92 Å². The topological polar surface area (TPSA) is 94.1 Å². The molecule has 2 aromatic heterocycles. The van der Waals surface area contributed by atoms with E-state index in [9.17, 15) is 10.1 Å². The van der Waals surface area contributed by atoms with Gasteiger partial charge in [-0.3, -0.25) is 10.1 Å². The maximum absolute atomic E-state index is 10.7. The van der Waals surface area contributed by atoms with Gasteiger partial charge in [0.25, 0.3) is 11.7 Å². The van der Waals surface area contributed by atoms with Crippen molar-refractivity contribution in [1.29, 1.82) is 0 Å². The first-order valence-electron chi connectivity index (χ1n) is 5.82. The summed E-state index contributed by atoms with van der Waals surface area (Å²) in [4.78, 5) is 19.8. The molecule has 1 N–H and O–H groups in total. The van der Waals surface area contributed by atoms with E-state index in [1.807, 2.05) is 6.92 Å². The molecule has 2 heterocycles. The molecule has 0 amide bonds. The normalized spacial score (nSPS) is 10.8. The molecule has 8 heteroatoms. The quantitative estimate of drug-likeness (QED) is 0.586. The van der Waals surface area contributed by atoms with Crippen LogP contribution >= 0.6 is 11.3 Å². The molecule has 0 aliphatic carbocycles. The van der Waals surface area contributed by atoms with Crippen LogP contribution in [-0.4, -0.2) is 14.9 Å². The van der Waals surface area contributed by atoms with Gasteiger partial charge in [0, 0.05) is 17.1 Å². The number of nitrogens with one attached hydrogen (secondary N) is 1. The Bertz CT molecular complexity index is 780. The summed E-state index contributed by atoms with van der Waals surface area (Å²) in [6.07, 6.45) is 1.80. The fraction of sp³-hybridized carbons (Fsp3) is 0.167. The van der Waals surface area contributed by atoms with Gasteiger partial charge in [0.05, 0.1) is 17.5 Å². The molecule has 20 heavy (non-hydrogen) atoms. The van der Waals surface area contributed by atoms with E-state index in [0.717, 1.165) is 9.88 Å². The molecule has 0 aliphatic rings. The Balaban J connectivity index is 1.80. The van der Waals surface area contributed by atoms with E-state index in [4.69, 9.17) is 4.42 Å². The lowest BCUT2D eigenvalue weighted by molar-refractivity contribution is -0.384. The third-order valence-electron chi connectivity index (χ3n) is 2.64. The van der Waals surface area contributed by atoms with Crippen molar-refractivity contribution >= 4 is 34.1 Å². The largest absolute Gasteiger partial charge is 0.423 e. The highest BCUT2D eigenvalue weighted by molar-refractivity contribution is 7.11.